The van der Waals surface area contributed by atoms with Gasteiger partial charge in [-0.3, -0.25) is 9.31 Å². The van der Waals surface area contributed by atoms with Gasteiger partial charge in [0.25, 0.3) is 0 Å². The van der Waals surface area contributed by atoms with Gasteiger partial charge < -0.3 is 5.32 Å². The smallest absolute Gasteiger partial charge is 0.0567 e. The standard InChI is InChI=1S/C11H13N3OS/c1-16(15)11-4-2-9(3-5-11)12-8-10-6-7-13-14-10/h2-7,12H,8H2,1H3,(H,13,14). The number of anilines is 1. The molecule has 2 aromatic rings. The molecule has 0 radical (unpaired) electrons. The number of rotatable bonds is 4. The number of hydrogen-bond acceptors (Lipinski definition) is 3. The van der Waals surface area contributed by atoms with Gasteiger partial charge in [0.05, 0.1) is 12.2 Å². The first-order valence-electron chi connectivity index (χ1n) is 4.91. The Labute approximate surface area is 96.5 Å². The van der Waals surface area contributed by atoms with E-state index in [1.54, 1.807) is 12.5 Å². The van der Waals surface area contributed by atoms with Crippen LogP contribution in [0.4, 0.5) is 5.69 Å². The molecular weight excluding hydrogens is 222 g/mol. The Balaban J connectivity index is 1.98. The van der Waals surface area contributed by atoms with Gasteiger partial charge in [-0.2, -0.15) is 5.10 Å². The molecule has 1 aromatic heterocycles. The average molecular weight is 235 g/mol. The van der Waals surface area contributed by atoms with Crippen LogP contribution in [0.15, 0.2) is 41.4 Å². The van der Waals surface area contributed by atoms with Crippen molar-refractivity contribution in [2.24, 2.45) is 0 Å². The van der Waals surface area contributed by atoms with Crippen LogP contribution in [0.2, 0.25) is 0 Å². The van der Waals surface area contributed by atoms with E-state index in [1.807, 2.05) is 30.3 Å². The lowest BCUT2D eigenvalue weighted by atomic mass is 10.3. The lowest BCUT2D eigenvalue weighted by Crippen LogP contribution is -1.99. The summed E-state index contributed by atoms with van der Waals surface area (Å²) in [7, 11) is -0.915. The Morgan fingerprint density at radius 1 is 1.31 bits per heavy atom. The van der Waals surface area contributed by atoms with E-state index in [0.29, 0.717) is 6.54 Å². The molecule has 84 valence electrons. The number of nitrogens with one attached hydrogen (secondary N) is 2. The molecule has 1 heterocycles. The zero-order valence-corrected chi connectivity index (χ0v) is 9.75. The fraction of sp³-hybridized carbons (Fsp3) is 0.182. The Kier molecular flexibility index (Phi) is 3.36. The molecule has 5 heteroatoms. The van der Waals surface area contributed by atoms with Crippen LogP contribution >= 0.6 is 0 Å². The second kappa shape index (κ2) is 4.94. The zero-order chi connectivity index (χ0) is 11.4. The van der Waals surface area contributed by atoms with E-state index < -0.39 is 10.8 Å². The summed E-state index contributed by atoms with van der Waals surface area (Å²) < 4.78 is 11.2. The van der Waals surface area contributed by atoms with Crippen LogP contribution in [-0.2, 0) is 17.3 Å². The third-order valence-corrected chi connectivity index (χ3v) is 3.16. The Morgan fingerprint density at radius 2 is 2.06 bits per heavy atom. The van der Waals surface area contributed by atoms with E-state index in [-0.39, 0.29) is 0 Å². The molecule has 0 spiro atoms. The van der Waals surface area contributed by atoms with Gasteiger partial charge in [-0.1, -0.05) is 0 Å². The normalized spacial score (nSPS) is 12.3. The molecule has 1 atom stereocenters. The molecule has 16 heavy (non-hydrogen) atoms. The number of hydrogen-bond donors (Lipinski definition) is 2. The van der Waals surface area contributed by atoms with Gasteiger partial charge in [-0.05, 0) is 30.3 Å². The second-order valence-corrected chi connectivity index (χ2v) is 4.79. The number of H-pyrrole nitrogens is 1. The molecule has 1 aromatic carbocycles. The number of nitrogens with zero attached hydrogens (tertiary/aromatic N) is 1. The van der Waals surface area contributed by atoms with E-state index in [2.05, 4.69) is 15.5 Å². The van der Waals surface area contributed by atoms with E-state index >= 15 is 0 Å². The lowest BCUT2D eigenvalue weighted by Gasteiger charge is -2.05. The van der Waals surface area contributed by atoms with Crippen molar-refractivity contribution in [1.29, 1.82) is 0 Å². The van der Waals surface area contributed by atoms with Crippen molar-refractivity contribution in [2.75, 3.05) is 11.6 Å². The Bertz CT molecular complexity index is 464. The molecule has 0 aliphatic carbocycles. The lowest BCUT2D eigenvalue weighted by molar-refractivity contribution is 0.687. The molecule has 2 rings (SSSR count). The molecule has 0 amide bonds. The van der Waals surface area contributed by atoms with Gasteiger partial charge in [-0.15, -0.1) is 0 Å². The highest BCUT2D eigenvalue weighted by Crippen LogP contribution is 2.12. The van der Waals surface area contributed by atoms with Crippen LogP contribution < -0.4 is 5.32 Å². The van der Waals surface area contributed by atoms with Crippen LogP contribution in [0.25, 0.3) is 0 Å². The van der Waals surface area contributed by atoms with Crippen LogP contribution in [0.3, 0.4) is 0 Å². The highest BCUT2D eigenvalue weighted by atomic mass is 32.2. The van der Waals surface area contributed by atoms with Crippen molar-refractivity contribution in [2.45, 2.75) is 11.4 Å². The predicted molar refractivity (Wildman–Crippen MR) is 64.7 cm³/mol. The molecule has 2 N–H and O–H groups in total. The Hall–Kier alpha value is -1.62. The summed E-state index contributed by atoms with van der Waals surface area (Å²) >= 11 is 0. The summed E-state index contributed by atoms with van der Waals surface area (Å²) in [5, 5.41) is 9.99. The highest BCUT2D eigenvalue weighted by molar-refractivity contribution is 7.84. The van der Waals surface area contributed by atoms with Crippen molar-refractivity contribution in [3.63, 3.8) is 0 Å². The quantitative estimate of drug-likeness (QED) is 0.849. The fourth-order valence-corrected chi connectivity index (χ4v) is 1.86. The predicted octanol–water partition coefficient (Wildman–Crippen LogP) is 1.76. The van der Waals surface area contributed by atoms with E-state index in [9.17, 15) is 4.21 Å². The van der Waals surface area contributed by atoms with E-state index in [0.717, 1.165) is 16.3 Å². The summed E-state index contributed by atoms with van der Waals surface area (Å²) in [6.07, 6.45) is 3.40. The largest absolute Gasteiger partial charge is 0.379 e. The van der Waals surface area contributed by atoms with Gasteiger partial charge in [0.2, 0.25) is 0 Å². The van der Waals surface area contributed by atoms with E-state index in [1.165, 1.54) is 0 Å². The number of aromatic nitrogens is 2. The summed E-state index contributed by atoms with van der Waals surface area (Å²) in [6, 6.07) is 9.50. The number of benzene rings is 1. The first-order chi connectivity index (χ1) is 7.75. The van der Waals surface area contributed by atoms with Crippen LogP contribution in [0.1, 0.15) is 5.69 Å². The van der Waals surface area contributed by atoms with Gasteiger partial charge >= 0.3 is 0 Å². The van der Waals surface area contributed by atoms with Crippen LogP contribution in [0.5, 0.6) is 0 Å². The molecule has 4 nitrogen and oxygen atoms in total. The first kappa shape index (κ1) is 10.9. The molecule has 0 aliphatic heterocycles. The topological polar surface area (TPSA) is 57.8 Å². The van der Waals surface area contributed by atoms with Gasteiger partial charge in [0.1, 0.15) is 0 Å². The van der Waals surface area contributed by atoms with Gasteiger partial charge in [0.15, 0.2) is 0 Å². The Morgan fingerprint density at radius 3 is 2.62 bits per heavy atom. The maximum atomic E-state index is 11.2. The summed E-state index contributed by atoms with van der Waals surface area (Å²) in [6.45, 7) is 0.703. The van der Waals surface area contributed by atoms with Crippen LogP contribution in [0, 0.1) is 0 Å². The van der Waals surface area contributed by atoms with Crippen LogP contribution in [-0.4, -0.2) is 20.7 Å². The SMILES string of the molecule is CS(=O)c1ccc(NCc2ccn[nH]2)cc1. The minimum absolute atomic E-state index is 0.703. The second-order valence-electron chi connectivity index (χ2n) is 3.41. The summed E-state index contributed by atoms with van der Waals surface area (Å²) in [5.74, 6) is 0. The summed E-state index contributed by atoms with van der Waals surface area (Å²) in [5.41, 5.74) is 2.03. The van der Waals surface area contributed by atoms with Crippen molar-refractivity contribution in [3.8, 4) is 0 Å². The van der Waals surface area contributed by atoms with Crippen molar-refractivity contribution >= 4 is 16.5 Å². The molecule has 0 fully saturated rings. The zero-order valence-electron chi connectivity index (χ0n) is 8.93. The fourth-order valence-electron chi connectivity index (χ4n) is 1.34. The molecular formula is C11H13N3OS. The molecule has 0 bridgehead atoms. The van der Waals surface area contributed by atoms with Gasteiger partial charge in [-0.25, -0.2) is 0 Å². The van der Waals surface area contributed by atoms with Gasteiger partial charge in [0, 0.05) is 33.8 Å². The molecule has 0 saturated heterocycles. The third kappa shape index (κ3) is 2.70. The third-order valence-electron chi connectivity index (χ3n) is 2.23. The molecule has 1 unspecified atom stereocenters. The monoisotopic (exact) mass is 235 g/mol. The average Bonchev–Trinajstić information content (AvgIpc) is 2.80. The maximum absolute atomic E-state index is 11.2. The minimum Gasteiger partial charge on any atom is -0.379 e. The summed E-state index contributed by atoms with van der Waals surface area (Å²) in [4.78, 5) is 0.840. The molecule has 0 aliphatic rings. The molecule has 0 saturated carbocycles. The van der Waals surface area contributed by atoms with Crippen molar-refractivity contribution in [1.82, 2.24) is 10.2 Å². The minimum atomic E-state index is -0.915. The number of aromatic amines is 1. The van der Waals surface area contributed by atoms with Crippen molar-refractivity contribution < 1.29 is 4.21 Å². The maximum Gasteiger partial charge on any atom is 0.0567 e. The first-order valence-corrected chi connectivity index (χ1v) is 6.47. The highest BCUT2D eigenvalue weighted by Gasteiger charge is 1.98. The van der Waals surface area contributed by atoms with Crippen molar-refractivity contribution in [3.05, 3.63) is 42.2 Å². The van der Waals surface area contributed by atoms with E-state index in [4.69, 9.17) is 0 Å².